The van der Waals surface area contributed by atoms with Crippen LogP contribution in [0.25, 0.3) is 11.1 Å². The minimum Gasteiger partial charge on any atom is -0.354 e. The highest BCUT2D eigenvalue weighted by molar-refractivity contribution is 7.99. The number of hydrogen-bond donors (Lipinski definition) is 2. The summed E-state index contributed by atoms with van der Waals surface area (Å²) in [5, 5.41) is 5.34. The summed E-state index contributed by atoms with van der Waals surface area (Å²) in [6.45, 7) is 15.5. The van der Waals surface area contributed by atoms with Crippen molar-refractivity contribution in [1.29, 1.82) is 0 Å². The van der Waals surface area contributed by atoms with E-state index in [1.54, 1.807) is 0 Å². The molecule has 0 aliphatic carbocycles. The first-order valence-corrected chi connectivity index (χ1v) is 20.9. The van der Waals surface area contributed by atoms with Crippen LogP contribution < -0.4 is 10.6 Å². The molecule has 11 nitrogen and oxygen atoms in total. The van der Waals surface area contributed by atoms with Gasteiger partial charge in [-0.25, -0.2) is 8.78 Å². The molecule has 0 radical (unpaired) electrons. The van der Waals surface area contributed by atoms with Gasteiger partial charge in [0, 0.05) is 85.6 Å². The minimum absolute atomic E-state index is 0.0183. The van der Waals surface area contributed by atoms with Gasteiger partial charge in [0.05, 0.1) is 11.8 Å². The zero-order chi connectivity index (χ0) is 42.2. The van der Waals surface area contributed by atoms with Crippen molar-refractivity contribution in [2.75, 3.05) is 50.8 Å². The number of amides is 5. The van der Waals surface area contributed by atoms with E-state index in [0.29, 0.717) is 24.4 Å². The average Bonchev–Trinajstić information content (AvgIpc) is 3.88. The van der Waals surface area contributed by atoms with E-state index in [1.807, 2.05) is 47.5 Å². The van der Waals surface area contributed by atoms with Crippen LogP contribution in [0.5, 0.6) is 0 Å². The summed E-state index contributed by atoms with van der Waals surface area (Å²) in [7, 11) is 0. The fourth-order valence-electron chi connectivity index (χ4n) is 7.52. The number of imide groups is 1. The molecule has 2 aliphatic heterocycles. The Balaban J connectivity index is 1.31. The fraction of sp³-hybridized carbons (Fsp3) is 0.477. The number of aromatic nitrogens is 1. The summed E-state index contributed by atoms with van der Waals surface area (Å²) in [4.78, 5) is 68.0. The number of rotatable bonds is 17. The maximum Gasteiger partial charge on any atom is 0.254 e. The first-order valence-electron chi connectivity index (χ1n) is 19.8. The molecule has 58 heavy (non-hydrogen) atoms. The molecule has 14 heteroatoms. The maximum atomic E-state index is 15.3. The predicted molar refractivity (Wildman–Crippen MR) is 222 cm³/mol. The number of thioether (sulfide) groups is 1. The Labute approximate surface area is 344 Å². The third-order valence-electron chi connectivity index (χ3n) is 10.5. The van der Waals surface area contributed by atoms with Crippen LogP contribution in [0.1, 0.15) is 71.7 Å². The second-order valence-corrected chi connectivity index (χ2v) is 18.2. The lowest BCUT2D eigenvalue weighted by Gasteiger charge is -2.42. The summed E-state index contributed by atoms with van der Waals surface area (Å²) >= 11 is 1.37. The quantitative estimate of drug-likeness (QED) is 0.131. The second-order valence-electron chi connectivity index (χ2n) is 17.1. The molecule has 0 bridgehead atoms. The molecule has 312 valence electrons. The van der Waals surface area contributed by atoms with Crippen LogP contribution in [0.2, 0.25) is 0 Å². The molecule has 3 heterocycles. The van der Waals surface area contributed by atoms with Crippen LogP contribution in [-0.4, -0.2) is 105 Å². The zero-order valence-corrected chi connectivity index (χ0v) is 35.2. The largest absolute Gasteiger partial charge is 0.354 e. The van der Waals surface area contributed by atoms with Crippen molar-refractivity contribution in [3.05, 3.63) is 95.8 Å². The van der Waals surface area contributed by atoms with Gasteiger partial charge in [-0.1, -0.05) is 51.1 Å². The van der Waals surface area contributed by atoms with E-state index < -0.39 is 47.4 Å². The number of carbonyl (C=O) groups excluding carboxylic acids is 5. The molecule has 2 aromatic carbocycles. The molecule has 2 N–H and O–H groups in total. The highest BCUT2D eigenvalue weighted by atomic mass is 32.2. The standard InChI is InChI=1S/C44H56F2N6O5S/c1-43(2,3)42(36-22-32(34-23-33(45)12-13-35(34)46)27-49(36)24-30-10-8-7-9-11-30)52(26-31-16-20-50(25-31)44(4,5)6)41(57)29-58-21-17-37(53)47-18-19-48-38(54)28-51-39(55)14-15-40(51)56/h7-15,22-23,27,31,42H,16-21,24-26,28-29H2,1-6H3,(H,47,53)(H,48,54)/t31?,42-/m0/s1. The molecule has 3 aromatic rings. The monoisotopic (exact) mass is 818 g/mol. The van der Waals surface area contributed by atoms with Gasteiger partial charge in [0.15, 0.2) is 0 Å². The molecule has 1 aromatic heterocycles. The molecular weight excluding hydrogens is 763 g/mol. The van der Waals surface area contributed by atoms with E-state index in [9.17, 15) is 28.4 Å². The van der Waals surface area contributed by atoms with Crippen molar-refractivity contribution in [2.24, 2.45) is 11.3 Å². The van der Waals surface area contributed by atoms with Crippen LogP contribution in [0.3, 0.4) is 0 Å². The molecule has 1 fully saturated rings. The topological polar surface area (TPSA) is 124 Å². The third kappa shape index (κ3) is 11.9. The van der Waals surface area contributed by atoms with Crippen LogP contribution in [0.15, 0.2) is 72.9 Å². The molecule has 2 atom stereocenters. The average molecular weight is 819 g/mol. The van der Waals surface area contributed by atoms with E-state index in [2.05, 4.69) is 61.6 Å². The molecule has 1 saturated heterocycles. The smallest absolute Gasteiger partial charge is 0.254 e. The summed E-state index contributed by atoms with van der Waals surface area (Å²) in [6, 6.07) is 14.8. The summed E-state index contributed by atoms with van der Waals surface area (Å²) in [6.07, 6.45) is 5.16. The lowest BCUT2D eigenvalue weighted by molar-refractivity contribution is -0.141. The summed E-state index contributed by atoms with van der Waals surface area (Å²) < 4.78 is 31.8. The number of halogens is 2. The van der Waals surface area contributed by atoms with E-state index in [-0.39, 0.29) is 54.1 Å². The van der Waals surface area contributed by atoms with Crippen LogP contribution >= 0.6 is 11.8 Å². The fourth-order valence-corrected chi connectivity index (χ4v) is 8.33. The Morgan fingerprint density at radius 1 is 0.914 bits per heavy atom. The van der Waals surface area contributed by atoms with E-state index in [4.69, 9.17) is 0 Å². The second kappa shape index (κ2) is 19.3. The SMILES string of the molecule is CC(C)(C)[C@H](c1cc(-c2cc(F)ccc2F)cn1Cc1ccccc1)N(CC1CCN(C(C)(C)C)C1)C(=O)CSCCC(=O)NCCNC(=O)CN1C(=O)C=CC1=O. The number of likely N-dealkylation sites (tertiary alicyclic amines) is 1. The van der Waals surface area contributed by atoms with E-state index in [1.165, 1.54) is 17.8 Å². The third-order valence-corrected chi connectivity index (χ3v) is 11.4. The van der Waals surface area contributed by atoms with Crippen LogP contribution in [-0.2, 0) is 30.5 Å². The van der Waals surface area contributed by atoms with Gasteiger partial charge < -0.3 is 20.1 Å². The van der Waals surface area contributed by atoms with Gasteiger partial charge in [-0.2, -0.15) is 11.8 Å². The van der Waals surface area contributed by atoms with Gasteiger partial charge in [-0.05, 0) is 74.9 Å². The van der Waals surface area contributed by atoms with E-state index >= 15 is 4.39 Å². The van der Waals surface area contributed by atoms with Gasteiger partial charge in [-0.3, -0.25) is 33.8 Å². The summed E-state index contributed by atoms with van der Waals surface area (Å²) in [5.74, 6) is -2.24. The highest BCUT2D eigenvalue weighted by Crippen LogP contribution is 2.42. The zero-order valence-electron chi connectivity index (χ0n) is 34.4. The number of benzene rings is 2. The molecule has 0 saturated carbocycles. The number of hydrogen-bond acceptors (Lipinski definition) is 7. The van der Waals surface area contributed by atoms with Crippen LogP contribution in [0, 0.1) is 23.0 Å². The van der Waals surface area contributed by atoms with Crippen molar-refractivity contribution in [3.8, 4) is 11.1 Å². The first-order chi connectivity index (χ1) is 27.4. The first kappa shape index (κ1) is 44.3. The Kier molecular flexibility index (Phi) is 14.7. The van der Waals surface area contributed by atoms with Crippen LogP contribution in [0.4, 0.5) is 8.78 Å². The lowest BCUT2D eigenvalue weighted by atomic mass is 9.82. The molecule has 1 unspecified atom stereocenters. The lowest BCUT2D eigenvalue weighted by Crippen LogP contribution is -2.46. The van der Waals surface area contributed by atoms with Crippen molar-refractivity contribution in [3.63, 3.8) is 0 Å². The van der Waals surface area contributed by atoms with Gasteiger partial charge >= 0.3 is 0 Å². The minimum atomic E-state index is -0.545. The Hall–Kier alpha value is -4.82. The van der Waals surface area contributed by atoms with Gasteiger partial charge in [0.1, 0.15) is 18.2 Å². The van der Waals surface area contributed by atoms with Crippen molar-refractivity contribution >= 4 is 41.3 Å². The van der Waals surface area contributed by atoms with Crippen molar-refractivity contribution in [2.45, 2.75) is 72.5 Å². The van der Waals surface area contributed by atoms with E-state index in [0.717, 1.165) is 60.0 Å². The summed E-state index contributed by atoms with van der Waals surface area (Å²) in [5.41, 5.74) is 2.03. The number of nitrogens with zero attached hydrogens (tertiary/aromatic N) is 4. The predicted octanol–water partition coefficient (Wildman–Crippen LogP) is 5.80. The number of nitrogens with one attached hydrogen (secondary N) is 2. The molecule has 0 spiro atoms. The Morgan fingerprint density at radius 2 is 1.59 bits per heavy atom. The maximum absolute atomic E-state index is 15.3. The molecule has 5 amide bonds. The normalized spacial score (nSPS) is 16.6. The molecule has 5 rings (SSSR count). The molecule has 2 aliphatic rings. The van der Waals surface area contributed by atoms with Gasteiger partial charge in [0.2, 0.25) is 17.7 Å². The Bertz CT molecular complexity index is 1970. The van der Waals surface area contributed by atoms with Gasteiger partial charge in [-0.15, -0.1) is 0 Å². The molecular formula is C44H56F2N6O5S. The highest BCUT2D eigenvalue weighted by Gasteiger charge is 2.40. The van der Waals surface area contributed by atoms with Gasteiger partial charge in [0.25, 0.3) is 11.8 Å². The van der Waals surface area contributed by atoms with Crippen molar-refractivity contribution in [1.82, 2.24) is 29.9 Å². The van der Waals surface area contributed by atoms with Crippen molar-refractivity contribution < 1.29 is 32.8 Å². The number of carbonyl (C=O) groups is 5. The Morgan fingerprint density at radius 3 is 2.22 bits per heavy atom.